The van der Waals surface area contributed by atoms with Crippen LogP contribution < -0.4 is 10.1 Å². The minimum Gasteiger partial charge on any atom is -0.494 e. The van der Waals surface area contributed by atoms with Crippen LogP contribution in [-0.4, -0.2) is 48.3 Å². The number of carbonyl (C=O) groups excluding carboxylic acids is 1. The molecule has 3 rings (SSSR count). The molecule has 2 N–H and O–H groups in total. The van der Waals surface area contributed by atoms with Gasteiger partial charge in [0.15, 0.2) is 6.04 Å². The highest BCUT2D eigenvalue weighted by Gasteiger charge is 2.26. The van der Waals surface area contributed by atoms with Crippen LogP contribution in [0.2, 0.25) is 0 Å². The number of nitrogens with zero attached hydrogens (tertiary/aromatic N) is 1. The minimum absolute atomic E-state index is 0.119. The molecule has 0 spiro atoms. The number of unbranched alkanes of at least 4 members (excludes halogenated alkanes) is 1. The van der Waals surface area contributed by atoms with E-state index in [4.69, 9.17) is 9.57 Å². The van der Waals surface area contributed by atoms with E-state index in [1.165, 1.54) is 25.7 Å². The molecular weight excluding hydrogens is 420 g/mol. The highest BCUT2D eigenvalue weighted by atomic mass is 16.7. The van der Waals surface area contributed by atoms with Crippen LogP contribution in [-0.2, 0) is 27.5 Å². The van der Waals surface area contributed by atoms with Gasteiger partial charge in [0.25, 0.3) is 0 Å². The van der Waals surface area contributed by atoms with Gasteiger partial charge in [0.05, 0.1) is 6.61 Å². The van der Waals surface area contributed by atoms with E-state index in [0.717, 1.165) is 47.4 Å². The Bertz CT molecular complexity index is 838. The predicted molar refractivity (Wildman–Crippen MR) is 126 cm³/mol. The average molecular weight is 455 g/mol. The van der Waals surface area contributed by atoms with E-state index in [2.05, 4.69) is 5.32 Å². The molecule has 1 atom stereocenters. The Morgan fingerprint density at radius 3 is 2.45 bits per heavy atom. The second kappa shape index (κ2) is 13.6. The van der Waals surface area contributed by atoms with Gasteiger partial charge in [0, 0.05) is 6.42 Å². The molecular formula is C26H34N2O5. The zero-order valence-electron chi connectivity index (χ0n) is 19.0. The topological polar surface area (TPSA) is 88.1 Å². The molecule has 1 saturated heterocycles. The van der Waals surface area contributed by atoms with Crippen molar-refractivity contribution in [2.45, 2.75) is 51.2 Å². The number of nitrogens with one attached hydrogen (secondary N) is 1. The van der Waals surface area contributed by atoms with Crippen molar-refractivity contribution in [1.29, 1.82) is 0 Å². The summed E-state index contributed by atoms with van der Waals surface area (Å²) in [7, 11) is 0. The largest absolute Gasteiger partial charge is 0.494 e. The maximum atomic E-state index is 11.8. The molecule has 1 aliphatic heterocycles. The Morgan fingerprint density at radius 2 is 1.79 bits per heavy atom. The molecule has 7 nitrogen and oxygen atoms in total. The number of carboxylic acid groups (broad SMARTS) is 1. The van der Waals surface area contributed by atoms with Crippen molar-refractivity contribution in [2.75, 3.05) is 19.7 Å². The van der Waals surface area contributed by atoms with E-state index in [-0.39, 0.29) is 13.0 Å². The Hall–Kier alpha value is -2.90. The second-order valence-corrected chi connectivity index (χ2v) is 8.46. The molecule has 1 amide bonds. The van der Waals surface area contributed by atoms with E-state index in [0.29, 0.717) is 13.0 Å². The van der Waals surface area contributed by atoms with E-state index in [1.807, 2.05) is 54.6 Å². The zero-order valence-corrected chi connectivity index (χ0v) is 19.0. The third-order valence-corrected chi connectivity index (χ3v) is 6.01. The van der Waals surface area contributed by atoms with Gasteiger partial charge in [-0.15, -0.1) is 0 Å². The van der Waals surface area contributed by atoms with Crippen molar-refractivity contribution >= 4 is 12.4 Å². The maximum Gasteiger partial charge on any atom is 0.329 e. The van der Waals surface area contributed by atoms with Gasteiger partial charge in [-0.1, -0.05) is 48.9 Å². The first-order valence-corrected chi connectivity index (χ1v) is 11.7. The molecule has 2 aromatic rings. The van der Waals surface area contributed by atoms with Gasteiger partial charge in [-0.05, 0) is 68.0 Å². The van der Waals surface area contributed by atoms with Gasteiger partial charge in [-0.25, -0.2) is 9.86 Å². The van der Waals surface area contributed by atoms with Crippen molar-refractivity contribution in [3.63, 3.8) is 0 Å². The number of piperidine rings is 1. The Labute approximate surface area is 195 Å². The fraction of sp³-hybridized carbons (Fsp3) is 0.462. The number of hydrogen-bond acceptors (Lipinski definition) is 5. The van der Waals surface area contributed by atoms with E-state index in [9.17, 15) is 14.7 Å². The quantitative estimate of drug-likeness (QED) is 0.256. The highest BCUT2D eigenvalue weighted by molar-refractivity contribution is 5.76. The van der Waals surface area contributed by atoms with Crippen molar-refractivity contribution in [2.24, 2.45) is 5.92 Å². The van der Waals surface area contributed by atoms with Crippen LogP contribution in [0.3, 0.4) is 0 Å². The van der Waals surface area contributed by atoms with Gasteiger partial charge in [-0.3, -0.25) is 9.63 Å². The molecule has 0 bridgehead atoms. The van der Waals surface area contributed by atoms with Gasteiger partial charge in [0.2, 0.25) is 6.41 Å². The number of carbonyl (C=O) groups is 2. The lowest BCUT2D eigenvalue weighted by Gasteiger charge is -2.24. The van der Waals surface area contributed by atoms with E-state index < -0.39 is 12.0 Å². The van der Waals surface area contributed by atoms with Crippen molar-refractivity contribution in [1.82, 2.24) is 10.4 Å². The Balaban J connectivity index is 1.43. The van der Waals surface area contributed by atoms with Gasteiger partial charge < -0.3 is 15.2 Å². The number of hydrogen-bond donors (Lipinski definition) is 2. The van der Waals surface area contributed by atoms with Crippen LogP contribution in [0.25, 0.3) is 0 Å². The molecule has 2 aromatic carbocycles. The first-order chi connectivity index (χ1) is 16.2. The lowest BCUT2D eigenvalue weighted by Crippen LogP contribution is -2.41. The molecule has 33 heavy (non-hydrogen) atoms. The van der Waals surface area contributed by atoms with Crippen LogP contribution in [0.5, 0.6) is 5.75 Å². The third-order valence-electron chi connectivity index (χ3n) is 6.01. The summed E-state index contributed by atoms with van der Waals surface area (Å²) >= 11 is 0. The first-order valence-electron chi connectivity index (χ1n) is 11.7. The number of ether oxygens (including phenoxy) is 1. The lowest BCUT2D eigenvalue weighted by molar-refractivity contribution is -0.200. The normalized spacial score (nSPS) is 15.0. The molecule has 7 heteroatoms. The fourth-order valence-electron chi connectivity index (χ4n) is 4.04. The molecule has 1 heterocycles. The molecule has 0 aliphatic carbocycles. The molecule has 1 fully saturated rings. The van der Waals surface area contributed by atoms with Gasteiger partial charge >= 0.3 is 5.97 Å². The highest BCUT2D eigenvalue weighted by Crippen LogP contribution is 2.20. The number of aliphatic carboxylic acids is 1. The second-order valence-electron chi connectivity index (χ2n) is 8.46. The number of benzene rings is 2. The predicted octanol–water partition coefficient (Wildman–Crippen LogP) is 3.82. The van der Waals surface area contributed by atoms with Crippen molar-refractivity contribution < 1.29 is 24.3 Å². The smallest absolute Gasteiger partial charge is 0.329 e. The standard InChI is InChI=1S/C26H34N2O5/c29-20-28(33-19-23-7-2-1-3-8-23)25(26(30)31)18-22-9-11-24(12-10-22)32-17-5-4-6-21-13-15-27-16-14-21/h1-3,7-12,20-21,25,27H,4-6,13-19H2,(H,30,31). The maximum absolute atomic E-state index is 11.8. The van der Waals surface area contributed by atoms with Crippen LogP contribution in [0.4, 0.5) is 0 Å². The molecule has 1 aliphatic rings. The third kappa shape index (κ3) is 8.51. The SMILES string of the molecule is O=CN(OCc1ccccc1)C(Cc1ccc(OCCCCC2CCNCC2)cc1)C(=O)O. The lowest BCUT2D eigenvalue weighted by atomic mass is 9.93. The monoisotopic (exact) mass is 454 g/mol. The summed E-state index contributed by atoms with van der Waals surface area (Å²) in [6.45, 7) is 3.07. The average Bonchev–Trinajstić information content (AvgIpc) is 2.85. The van der Waals surface area contributed by atoms with Crippen LogP contribution in [0.15, 0.2) is 54.6 Å². The molecule has 0 radical (unpaired) electrons. The van der Waals surface area contributed by atoms with E-state index >= 15 is 0 Å². The molecule has 178 valence electrons. The summed E-state index contributed by atoms with van der Waals surface area (Å²) < 4.78 is 5.84. The summed E-state index contributed by atoms with van der Waals surface area (Å²) in [6.07, 6.45) is 6.58. The van der Waals surface area contributed by atoms with Crippen LogP contribution in [0.1, 0.15) is 43.2 Å². The first kappa shape index (κ1) is 24.7. The fourth-order valence-corrected chi connectivity index (χ4v) is 4.04. The summed E-state index contributed by atoms with van der Waals surface area (Å²) in [5.74, 6) is 0.486. The summed E-state index contributed by atoms with van der Waals surface area (Å²) in [6, 6.07) is 15.5. The van der Waals surface area contributed by atoms with Gasteiger partial charge in [0.1, 0.15) is 12.4 Å². The molecule has 0 saturated carbocycles. The van der Waals surface area contributed by atoms with Crippen molar-refractivity contribution in [3.05, 3.63) is 65.7 Å². The molecule has 0 aromatic heterocycles. The zero-order chi connectivity index (χ0) is 23.3. The van der Waals surface area contributed by atoms with Crippen molar-refractivity contribution in [3.8, 4) is 5.75 Å². The minimum atomic E-state index is -1.12. The van der Waals surface area contributed by atoms with Crippen LogP contribution in [0, 0.1) is 5.92 Å². The number of rotatable bonds is 14. The number of amides is 1. The van der Waals surface area contributed by atoms with Gasteiger partial charge in [-0.2, -0.15) is 0 Å². The summed E-state index contributed by atoms with van der Waals surface area (Å²) in [5, 5.41) is 13.9. The Kier molecular flexibility index (Phi) is 10.2. The van der Waals surface area contributed by atoms with E-state index in [1.54, 1.807) is 0 Å². The number of hydroxylamine groups is 2. The summed E-state index contributed by atoms with van der Waals surface area (Å²) in [4.78, 5) is 28.8. The molecule has 1 unspecified atom stereocenters. The Morgan fingerprint density at radius 1 is 1.06 bits per heavy atom. The summed E-state index contributed by atoms with van der Waals surface area (Å²) in [5.41, 5.74) is 1.64. The number of carboxylic acids is 1. The van der Waals surface area contributed by atoms with Crippen LogP contribution >= 0.6 is 0 Å².